The Morgan fingerprint density at radius 2 is 2.00 bits per heavy atom. The lowest BCUT2D eigenvalue weighted by molar-refractivity contribution is -0.148. The molecule has 0 bridgehead atoms. The summed E-state index contributed by atoms with van der Waals surface area (Å²) in [6.07, 6.45) is 0. The molecular weight excluding hydrogens is 156 g/mol. The smallest absolute Gasteiger partial charge is 0.311 e. The zero-order valence-electron chi connectivity index (χ0n) is 7.07. The van der Waals surface area contributed by atoms with Gasteiger partial charge in [0.05, 0.1) is 24.7 Å². The van der Waals surface area contributed by atoms with Gasteiger partial charge in [0.25, 0.3) is 0 Å². The van der Waals surface area contributed by atoms with Crippen molar-refractivity contribution in [2.45, 2.75) is 13.8 Å². The van der Waals surface area contributed by atoms with Crippen LogP contribution in [0.5, 0.6) is 0 Å². The van der Waals surface area contributed by atoms with Crippen molar-refractivity contribution in [1.82, 2.24) is 0 Å². The maximum atomic E-state index is 11.0. The summed E-state index contributed by atoms with van der Waals surface area (Å²) in [5.74, 6) is -2.07. The van der Waals surface area contributed by atoms with Crippen molar-refractivity contribution in [2.24, 2.45) is 11.8 Å². The number of rotatable bonds is 3. The van der Waals surface area contributed by atoms with Gasteiger partial charge in [-0.15, -0.1) is 0 Å². The number of nitrogens with zero attached hydrogens (tertiary/aromatic N) is 2. The predicted octanol–water partition coefficient (Wildman–Crippen LogP) is 0.849. The van der Waals surface area contributed by atoms with Gasteiger partial charge in [0, 0.05) is 0 Å². The second-order valence-electron chi connectivity index (χ2n) is 2.28. The molecule has 0 aliphatic carbocycles. The number of esters is 1. The average Bonchev–Trinajstić information content (AvgIpc) is 2.07. The van der Waals surface area contributed by atoms with Crippen molar-refractivity contribution < 1.29 is 9.53 Å². The summed E-state index contributed by atoms with van der Waals surface area (Å²) in [5.41, 5.74) is 0. The summed E-state index contributed by atoms with van der Waals surface area (Å²) in [6, 6.07) is 3.46. The first-order valence-corrected chi connectivity index (χ1v) is 3.63. The van der Waals surface area contributed by atoms with Crippen LogP contribution in [0.2, 0.25) is 0 Å². The van der Waals surface area contributed by atoms with Crippen LogP contribution in [0.3, 0.4) is 0 Å². The highest BCUT2D eigenvalue weighted by atomic mass is 16.5. The van der Waals surface area contributed by atoms with Gasteiger partial charge < -0.3 is 4.74 Å². The summed E-state index contributed by atoms with van der Waals surface area (Å²) < 4.78 is 4.65. The van der Waals surface area contributed by atoms with Crippen molar-refractivity contribution in [3.63, 3.8) is 0 Å². The first-order valence-electron chi connectivity index (χ1n) is 3.63. The Labute approximate surface area is 71.4 Å². The molecule has 0 aromatic rings. The fourth-order valence-corrected chi connectivity index (χ4v) is 0.662. The van der Waals surface area contributed by atoms with Crippen molar-refractivity contribution in [1.29, 1.82) is 10.5 Å². The molecule has 0 amide bonds. The Bertz CT molecular complexity index is 222. The Kier molecular flexibility index (Phi) is 4.48. The fraction of sp³-hybridized carbons (Fsp3) is 0.625. The topological polar surface area (TPSA) is 73.9 Å². The Morgan fingerprint density at radius 1 is 1.50 bits per heavy atom. The second-order valence-corrected chi connectivity index (χ2v) is 2.28. The van der Waals surface area contributed by atoms with Crippen LogP contribution >= 0.6 is 0 Å². The molecule has 0 fully saturated rings. The van der Waals surface area contributed by atoms with Crippen molar-refractivity contribution in [2.75, 3.05) is 6.61 Å². The lowest BCUT2D eigenvalue weighted by Crippen LogP contribution is -2.21. The highest BCUT2D eigenvalue weighted by Gasteiger charge is 2.24. The van der Waals surface area contributed by atoms with E-state index in [1.54, 1.807) is 19.1 Å². The molecule has 0 heterocycles. The molecule has 64 valence electrons. The van der Waals surface area contributed by atoms with Gasteiger partial charge in [-0.05, 0) is 13.8 Å². The molecule has 0 radical (unpaired) electrons. The van der Waals surface area contributed by atoms with E-state index in [0.717, 1.165) is 0 Å². The minimum absolute atomic E-state index is 0.271. The molecule has 0 spiro atoms. The molecule has 1 atom stereocenters. The quantitative estimate of drug-likeness (QED) is 0.582. The first-order chi connectivity index (χ1) is 5.67. The third-order valence-corrected chi connectivity index (χ3v) is 1.44. The van der Waals surface area contributed by atoms with E-state index in [1.807, 2.05) is 0 Å². The predicted molar refractivity (Wildman–Crippen MR) is 40.5 cm³/mol. The van der Waals surface area contributed by atoms with Gasteiger partial charge in [0.2, 0.25) is 0 Å². The molecule has 0 rings (SSSR count). The second kappa shape index (κ2) is 5.15. The van der Waals surface area contributed by atoms with Gasteiger partial charge in [-0.3, -0.25) is 4.79 Å². The summed E-state index contributed by atoms with van der Waals surface area (Å²) in [7, 11) is 0. The number of ether oxygens (including phenoxy) is 1. The van der Waals surface area contributed by atoms with Gasteiger partial charge in [-0.25, -0.2) is 0 Å². The number of nitriles is 2. The molecule has 0 aromatic heterocycles. The van der Waals surface area contributed by atoms with Gasteiger partial charge in [0.1, 0.15) is 5.92 Å². The molecule has 0 saturated heterocycles. The van der Waals surface area contributed by atoms with Gasteiger partial charge in [-0.2, -0.15) is 10.5 Å². The van der Waals surface area contributed by atoms with E-state index in [2.05, 4.69) is 4.74 Å². The number of hydrogen-bond acceptors (Lipinski definition) is 4. The van der Waals surface area contributed by atoms with E-state index >= 15 is 0 Å². The van der Waals surface area contributed by atoms with Crippen LogP contribution in [0.1, 0.15) is 13.8 Å². The Hall–Kier alpha value is -1.55. The molecule has 0 saturated carbocycles. The Balaban J connectivity index is 4.21. The highest BCUT2D eigenvalue weighted by Crippen LogP contribution is 2.10. The maximum absolute atomic E-state index is 11.0. The van der Waals surface area contributed by atoms with Crippen LogP contribution in [0.4, 0.5) is 0 Å². The zero-order valence-corrected chi connectivity index (χ0v) is 7.07. The third-order valence-electron chi connectivity index (χ3n) is 1.44. The lowest BCUT2D eigenvalue weighted by Gasteiger charge is -2.09. The van der Waals surface area contributed by atoms with Crippen LogP contribution in [0, 0.1) is 34.5 Å². The summed E-state index contributed by atoms with van der Waals surface area (Å²) >= 11 is 0. The molecule has 0 aliphatic rings. The number of carbonyl (C=O) groups excluding carboxylic acids is 1. The van der Waals surface area contributed by atoms with E-state index in [9.17, 15) is 4.79 Å². The largest absolute Gasteiger partial charge is 0.466 e. The van der Waals surface area contributed by atoms with E-state index < -0.39 is 17.8 Å². The van der Waals surface area contributed by atoms with Crippen LogP contribution in [0.25, 0.3) is 0 Å². The van der Waals surface area contributed by atoms with Gasteiger partial charge in [-0.1, -0.05) is 0 Å². The third kappa shape index (κ3) is 2.59. The summed E-state index contributed by atoms with van der Waals surface area (Å²) in [6.45, 7) is 3.46. The zero-order chi connectivity index (χ0) is 9.56. The van der Waals surface area contributed by atoms with Crippen LogP contribution < -0.4 is 0 Å². The monoisotopic (exact) mass is 166 g/mol. The van der Waals surface area contributed by atoms with Gasteiger partial charge in [0.15, 0.2) is 0 Å². The molecule has 0 N–H and O–H groups in total. The highest BCUT2D eigenvalue weighted by molar-refractivity contribution is 5.73. The van der Waals surface area contributed by atoms with Crippen molar-refractivity contribution >= 4 is 5.97 Å². The molecule has 0 aromatic carbocycles. The molecule has 0 aliphatic heterocycles. The van der Waals surface area contributed by atoms with E-state index in [1.165, 1.54) is 6.92 Å². The van der Waals surface area contributed by atoms with E-state index in [0.29, 0.717) is 0 Å². The molecule has 4 nitrogen and oxygen atoms in total. The number of hydrogen-bond donors (Lipinski definition) is 0. The van der Waals surface area contributed by atoms with Crippen molar-refractivity contribution in [3.8, 4) is 12.1 Å². The number of carbonyl (C=O) groups is 1. The standard InChI is InChI=1S/C8H10N2O2/c1-3-12-8(11)6(2)7(4-9)5-10/h6-7H,3H2,1-2H3. The Morgan fingerprint density at radius 3 is 2.33 bits per heavy atom. The maximum Gasteiger partial charge on any atom is 0.311 e. The van der Waals surface area contributed by atoms with E-state index in [4.69, 9.17) is 10.5 Å². The normalized spacial score (nSPS) is 11.4. The van der Waals surface area contributed by atoms with Crippen LogP contribution in [0.15, 0.2) is 0 Å². The average molecular weight is 166 g/mol. The minimum Gasteiger partial charge on any atom is -0.466 e. The van der Waals surface area contributed by atoms with Crippen molar-refractivity contribution in [3.05, 3.63) is 0 Å². The molecular formula is C8H10N2O2. The fourth-order valence-electron chi connectivity index (χ4n) is 0.662. The summed E-state index contributed by atoms with van der Waals surface area (Å²) in [5, 5.41) is 16.9. The lowest BCUT2D eigenvalue weighted by atomic mass is 9.97. The van der Waals surface area contributed by atoms with Gasteiger partial charge >= 0.3 is 5.97 Å². The van der Waals surface area contributed by atoms with Crippen LogP contribution in [-0.4, -0.2) is 12.6 Å². The van der Waals surface area contributed by atoms with E-state index in [-0.39, 0.29) is 6.61 Å². The molecule has 4 heteroatoms. The molecule has 1 unspecified atom stereocenters. The first kappa shape index (κ1) is 10.4. The minimum atomic E-state index is -0.913. The van der Waals surface area contributed by atoms with Crippen LogP contribution in [-0.2, 0) is 9.53 Å². The molecule has 12 heavy (non-hydrogen) atoms. The SMILES string of the molecule is CCOC(=O)C(C)C(C#N)C#N. The summed E-state index contributed by atoms with van der Waals surface area (Å²) in [4.78, 5) is 11.0.